The van der Waals surface area contributed by atoms with Crippen LogP contribution in [0.2, 0.25) is 0 Å². The number of H-pyrrole nitrogens is 1. The van der Waals surface area contributed by atoms with Crippen molar-refractivity contribution in [1.82, 2.24) is 14.8 Å². The zero-order chi connectivity index (χ0) is 21.2. The second kappa shape index (κ2) is 8.18. The molecule has 0 saturated heterocycles. The van der Waals surface area contributed by atoms with Gasteiger partial charge in [-0.15, -0.1) is 0 Å². The van der Waals surface area contributed by atoms with Gasteiger partial charge < -0.3 is 5.32 Å². The van der Waals surface area contributed by atoms with E-state index in [2.05, 4.69) is 20.2 Å². The Morgan fingerprint density at radius 2 is 1.97 bits per heavy atom. The monoisotopic (exact) mass is 431 g/mol. The average Bonchev–Trinajstić information content (AvgIpc) is 2.97. The summed E-state index contributed by atoms with van der Waals surface area (Å²) in [6.45, 7) is 3.71. The van der Waals surface area contributed by atoms with Crippen molar-refractivity contribution in [3.8, 4) is 11.4 Å². The number of nitrogens with one attached hydrogen (secondary N) is 3. The van der Waals surface area contributed by atoms with Gasteiger partial charge in [0.2, 0.25) is 15.9 Å². The van der Waals surface area contributed by atoms with Crippen molar-refractivity contribution in [2.45, 2.75) is 20.4 Å². The summed E-state index contributed by atoms with van der Waals surface area (Å²) in [4.78, 5) is 12.6. The number of benzene rings is 2. The van der Waals surface area contributed by atoms with Crippen LogP contribution in [0.1, 0.15) is 11.1 Å². The first-order valence-corrected chi connectivity index (χ1v) is 11.0. The number of anilines is 2. The molecule has 0 saturated carbocycles. The SMILES string of the molecule is Cc1cccc(-c2n[nH]c(=S)n2CC(=O)Nc2ccc(C)c(NS(C)(=O)=O)c2)c1. The number of aromatic amines is 1. The zero-order valence-electron chi connectivity index (χ0n) is 16.2. The van der Waals surface area contributed by atoms with Crippen molar-refractivity contribution in [3.63, 3.8) is 0 Å². The minimum Gasteiger partial charge on any atom is -0.324 e. The quantitative estimate of drug-likeness (QED) is 0.519. The summed E-state index contributed by atoms with van der Waals surface area (Å²) in [5.41, 5.74) is 3.54. The van der Waals surface area contributed by atoms with Gasteiger partial charge in [-0.05, 0) is 49.8 Å². The van der Waals surface area contributed by atoms with Gasteiger partial charge >= 0.3 is 0 Å². The van der Waals surface area contributed by atoms with Crippen LogP contribution >= 0.6 is 12.2 Å². The Morgan fingerprint density at radius 1 is 1.21 bits per heavy atom. The lowest BCUT2D eigenvalue weighted by atomic mass is 10.1. The van der Waals surface area contributed by atoms with Crippen LogP contribution in [0.3, 0.4) is 0 Å². The van der Waals surface area contributed by atoms with E-state index in [0.29, 0.717) is 22.0 Å². The number of aryl methyl sites for hydroxylation is 2. The van der Waals surface area contributed by atoms with E-state index in [1.165, 1.54) is 0 Å². The molecule has 29 heavy (non-hydrogen) atoms. The highest BCUT2D eigenvalue weighted by atomic mass is 32.2. The smallest absolute Gasteiger partial charge is 0.244 e. The Hall–Kier alpha value is -2.98. The molecule has 0 radical (unpaired) electrons. The Kier molecular flexibility index (Phi) is 5.85. The number of sulfonamides is 1. The first-order valence-electron chi connectivity index (χ1n) is 8.73. The van der Waals surface area contributed by atoms with Crippen molar-refractivity contribution < 1.29 is 13.2 Å². The molecule has 0 spiro atoms. The van der Waals surface area contributed by atoms with Gasteiger partial charge in [0.15, 0.2) is 10.6 Å². The van der Waals surface area contributed by atoms with Crippen LogP contribution in [0.15, 0.2) is 42.5 Å². The van der Waals surface area contributed by atoms with Gasteiger partial charge in [-0.25, -0.2) is 8.42 Å². The second-order valence-electron chi connectivity index (χ2n) is 6.76. The summed E-state index contributed by atoms with van der Waals surface area (Å²) >= 11 is 5.27. The first-order chi connectivity index (χ1) is 13.6. The van der Waals surface area contributed by atoms with E-state index in [9.17, 15) is 13.2 Å². The molecule has 0 atom stereocenters. The third-order valence-electron chi connectivity index (χ3n) is 4.15. The van der Waals surface area contributed by atoms with Crippen LogP contribution in [-0.4, -0.2) is 35.3 Å². The highest BCUT2D eigenvalue weighted by molar-refractivity contribution is 7.92. The molecule has 3 aromatic rings. The van der Waals surface area contributed by atoms with Crippen LogP contribution in [0.4, 0.5) is 11.4 Å². The number of carbonyl (C=O) groups is 1. The summed E-state index contributed by atoms with van der Waals surface area (Å²) in [7, 11) is -3.42. The summed E-state index contributed by atoms with van der Waals surface area (Å²) in [5, 5.41) is 9.74. The van der Waals surface area contributed by atoms with E-state index in [1.54, 1.807) is 29.7 Å². The largest absolute Gasteiger partial charge is 0.324 e. The van der Waals surface area contributed by atoms with Crippen LogP contribution in [0.25, 0.3) is 11.4 Å². The van der Waals surface area contributed by atoms with Crippen molar-refractivity contribution >= 4 is 39.5 Å². The molecule has 0 unspecified atom stereocenters. The molecule has 1 aromatic heterocycles. The van der Waals surface area contributed by atoms with Gasteiger partial charge in [0.05, 0.1) is 11.9 Å². The van der Waals surface area contributed by atoms with E-state index in [-0.39, 0.29) is 12.5 Å². The highest BCUT2D eigenvalue weighted by Gasteiger charge is 2.14. The number of nitrogens with zero attached hydrogens (tertiary/aromatic N) is 2. The maximum Gasteiger partial charge on any atom is 0.244 e. The molecule has 152 valence electrons. The first kappa shape index (κ1) is 20.7. The van der Waals surface area contributed by atoms with Gasteiger partial charge in [-0.2, -0.15) is 5.10 Å². The van der Waals surface area contributed by atoms with Crippen LogP contribution < -0.4 is 10.0 Å². The van der Waals surface area contributed by atoms with E-state index in [4.69, 9.17) is 12.2 Å². The molecular formula is C19H21N5O3S2. The fraction of sp³-hybridized carbons (Fsp3) is 0.211. The Bertz CT molecular complexity index is 1230. The van der Waals surface area contributed by atoms with Gasteiger partial charge in [0.25, 0.3) is 0 Å². The summed E-state index contributed by atoms with van der Waals surface area (Å²) < 4.78 is 27.4. The summed E-state index contributed by atoms with van der Waals surface area (Å²) in [5.74, 6) is 0.253. The molecule has 8 nitrogen and oxygen atoms in total. The molecule has 3 rings (SSSR count). The minimum absolute atomic E-state index is 0.0404. The Labute approximate surface area is 174 Å². The number of rotatable bonds is 6. The highest BCUT2D eigenvalue weighted by Crippen LogP contribution is 2.22. The lowest BCUT2D eigenvalue weighted by molar-refractivity contribution is -0.116. The minimum atomic E-state index is -3.42. The molecule has 0 bridgehead atoms. The predicted octanol–water partition coefficient (Wildman–Crippen LogP) is 3.23. The van der Waals surface area contributed by atoms with Gasteiger partial charge in [-0.1, -0.05) is 29.8 Å². The number of amides is 1. The lowest BCUT2D eigenvalue weighted by Crippen LogP contribution is -2.20. The number of aromatic nitrogens is 3. The molecular weight excluding hydrogens is 410 g/mol. The Balaban J connectivity index is 1.81. The number of hydrogen-bond acceptors (Lipinski definition) is 5. The van der Waals surface area contributed by atoms with Crippen LogP contribution in [-0.2, 0) is 21.4 Å². The average molecular weight is 432 g/mol. The molecule has 0 fully saturated rings. The maximum absolute atomic E-state index is 12.6. The van der Waals surface area contributed by atoms with Gasteiger partial charge in [-0.3, -0.25) is 19.2 Å². The fourth-order valence-corrected chi connectivity index (χ4v) is 3.64. The van der Waals surface area contributed by atoms with Crippen LogP contribution in [0.5, 0.6) is 0 Å². The zero-order valence-corrected chi connectivity index (χ0v) is 17.8. The normalized spacial score (nSPS) is 11.3. The molecule has 1 amide bonds. The molecule has 3 N–H and O–H groups in total. The van der Waals surface area contributed by atoms with E-state index < -0.39 is 10.0 Å². The molecule has 10 heteroatoms. The van der Waals surface area contributed by atoms with Gasteiger partial charge in [0.1, 0.15) is 6.54 Å². The van der Waals surface area contributed by atoms with Crippen molar-refractivity contribution in [2.75, 3.05) is 16.3 Å². The second-order valence-corrected chi connectivity index (χ2v) is 8.90. The van der Waals surface area contributed by atoms with Crippen molar-refractivity contribution in [1.29, 1.82) is 0 Å². The topological polar surface area (TPSA) is 109 Å². The van der Waals surface area contributed by atoms with Gasteiger partial charge in [0, 0.05) is 11.3 Å². The Morgan fingerprint density at radius 3 is 2.66 bits per heavy atom. The van der Waals surface area contributed by atoms with Crippen molar-refractivity contribution in [2.24, 2.45) is 0 Å². The molecule has 2 aromatic carbocycles. The predicted molar refractivity (Wildman–Crippen MR) is 116 cm³/mol. The van der Waals surface area contributed by atoms with E-state index in [0.717, 1.165) is 22.9 Å². The standard InChI is InChI=1S/C19H21N5O3S2/c1-12-5-4-6-14(9-12)18-21-22-19(28)24(18)11-17(25)20-15-8-7-13(2)16(10-15)23-29(3,26)27/h4-10,23H,11H2,1-3H3,(H,20,25)(H,22,28). The molecule has 0 aliphatic carbocycles. The van der Waals surface area contributed by atoms with Crippen LogP contribution in [0, 0.1) is 18.6 Å². The molecule has 0 aliphatic rings. The number of carbonyl (C=O) groups excluding carboxylic acids is 1. The lowest BCUT2D eigenvalue weighted by Gasteiger charge is -2.12. The fourth-order valence-electron chi connectivity index (χ4n) is 2.82. The molecule has 1 heterocycles. The van der Waals surface area contributed by atoms with E-state index >= 15 is 0 Å². The summed E-state index contributed by atoms with van der Waals surface area (Å²) in [6, 6.07) is 12.8. The third kappa shape index (κ3) is 5.30. The third-order valence-corrected chi connectivity index (χ3v) is 5.06. The maximum atomic E-state index is 12.6. The van der Waals surface area contributed by atoms with E-state index in [1.807, 2.05) is 31.2 Å². The molecule has 0 aliphatic heterocycles. The summed E-state index contributed by atoms with van der Waals surface area (Å²) in [6.07, 6.45) is 1.07. The van der Waals surface area contributed by atoms with Crippen molar-refractivity contribution in [3.05, 3.63) is 58.4 Å². The number of hydrogen-bond donors (Lipinski definition) is 3.